The van der Waals surface area contributed by atoms with E-state index in [1.807, 2.05) is 30.5 Å². The Labute approximate surface area is 187 Å². The Morgan fingerprint density at radius 1 is 1.23 bits per heavy atom. The predicted molar refractivity (Wildman–Crippen MR) is 121 cm³/mol. The maximum absolute atomic E-state index is 13.2. The molecule has 1 aliphatic rings. The highest BCUT2D eigenvalue weighted by molar-refractivity contribution is 7.08. The summed E-state index contributed by atoms with van der Waals surface area (Å²) in [5, 5.41) is 9.30. The third kappa shape index (κ3) is 6.24. The van der Waals surface area contributed by atoms with Crippen LogP contribution in [-0.4, -0.2) is 42.4 Å². The van der Waals surface area contributed by atoms with Gasteiger partial charge in [-0.05, 0) is 41.7 Å². The summed E-state index contributed by atoms with van der Waals surface area (Å²) in [6.45, 7) is 6.08. The molecule has 0 bridgehead atoms. The van der Waals surface area contributed by atoms with Crippen molar-refractivity contribution in [3.63, 3.8) is 0 Å². The van der Waals surface area contributed by atoms with Crippen LogP contribution in [0.4, 0.5) is 0 Å². The van der Waals surface area contributed by atoms with Gasteiger partial charge in [0, 0.05) is 5.38 Å². The lowest BCUT2D eigenvalue weighted by Gasteiger charge is -2.31. The van der Waals surface area contributed by atoms with E-state index < -0.39 is 12.1 Å². The highest BCUT2D eigenvalue weighted by atomic mass is 32.1. The number of Topliss-reactive ketones (excluding diaryl/α,β-unsaturated/α-hetero) is 1. The molecule has 1 aliphatic heterocycles. The number of ketones is 1. The summed E-state index contributed by atoms with van der Waals surface area (Å²) >= 11 is 1.43. The molecule has 31 heavy (non-hydrogen) atoms. The zero-order chi connectivity index (χ0) is 22.4. The van der Waals surface area contributed by atoms with E-state index in [-0.39, 0.29) is 35.7 Å². The SMILES string of the molecule is CCC1OCC(=O)C1NC(=O)[C@H](CC(C)(C)Cc1ccccc1)NC(=O)c1ccsc1. The average Bonchev–Trinajstić information content (AvgIpc) is 3.38. The van der Waals surface area contributed by atoms with E-state index >= 15 is 0 Å². The number of hydrogen-bond acceptors (Lipinski definition) is 5. The first-order valence-electron chi connectivity index (χ1n) is 10.6. The third-order valence-electron chi connectivity index (χ3n) is 5.55. The zero-order valence-electron chi connectivity index (χ0n) is 18.2. The van der Waals surface area contributed by atoms with Crippen molar-refractivity contribution in [2.75, 3.05) is 6.61 Å². The van der Waals surface area contributed by atoms with Gasteiger partial charge in [0.1, 0.15) is 18.7 Å². The van der Waals surface area contributed by atoms with Crippen molar-refractivity contribution >= 4 is 28.9 Å². The second-order valence-electron chi connectivity index (χ2n) is 8.78. The van der Waals surface area contributed by atoms with Gasteiger partial charge in [-0.3, -0.25) is 14.4 Å². The third-order valence-corrected chi connectivity index (χ3v) is 6.23. The average molecular weight is 443 g/mol. The highest BCUT2D eigenvalue weighted by Crippen LogP contribution is 2.28. The van der Waals surface area contributed by atoms with Gasteiger partial charge in [0.25, 0.3) is 5.91 Å². The summed E-state index contributed by atoms with van der Waals surface area (Å²) in [5.41, 5.74) is 1.43. The van der Waals surface area contributed by atoms with Crippen LogP contribution in [0.1, 0.15) is 49.5 Å². The number of hydrogen-bond donors (Lipinski definition) is 2. The molecule has 7 heteroatoms. The molecule has 3 rings (SSSR count). The zero-order valence-corrected chi connectivity index (χ0v) is 19.0. The van der Waals surface area contributed by atoms with Crippen LogP contribution in [0.15, 0.2) is 47.2 Å². The first-order valence-corrected chi connectivity index (χ1v) is 11.5. The summed E-state index contributed by atoms with van der Waals surface area (Å²) in [6, 6.07) is 10.4. The normalized spacial score (nSPS) is 19.8. The lowest BCUT2D eigenvalue weighted by molar-refractivity contribution is -0.128. The monoisotopic (exact) mass is 442 g/mol. The molecule has 0 spiro atoms. The van der Waals surface area contributed by atoms with Gasteiger partial charge in [-0.2, -0.15) is 11.3 Å². The molecule has 1 aromatic heterocycles. The molecular formula is C24H30N2O4S. The topological polar surface area (TPSA) is 84.5 Å². The Hall–Kier alpha value is -2.51. The van der Waals surface area contributed by atoms with Crippen molar-refractivity contribution < 1.29 is 19.1 Å². The highest BCUT2D eigenvalue weighted by Gasteiger charge is 2.38. The van der Waals surface area contributed by atoms with Crippen LogP contribution in [0.5, 0.6) is 0 Å². The summed E-state index contributed by atoms with van der Waals surface area (Å²) in [7, 11) is 0. The molecule has 0 radical (unpaired) electrons. The molecule has 2 N–H and O–H groups in total. The van der Waals surface area contributed by atoms with E-state index in [0.717, 1.165) is 6.42 Å². The lowest BCUT2D eigenvalue weighted by Crippen LogP contribution is -2.54. The maximum atomic E-state index is 13.2. The number of carbonyl (C=O) groups is 3. The maximum Gasteiger partial charge on any atom is 0.252 e. The Morgan fingerprint density at radius 2 is 1.97 bits per heavy atom. The van der Waals surface area contributed by atoms with Gasteiger partial charge in [0.15, 0.2) is 5.78 Å². The number of ether oxygens (including phenoxy) is 1. The summed E-state index contributed by atoms with van der Waals surface area (Å²) in [6.07, 6.45) is 1.49. The van der Waals surface area contributed by atoms with Gasteiger partial charge in [0.05, 0.1) is 11.7 Å². The van der Waals surface area contributed by atoms with E-state index in [1.165, 1.54) is 16.9 Å². The molecule has 1 saturated heterocycles. The summed E-state index contributed by atoms with van der Waals surface area (Å²) < 4.78 is 5.48. The van der Waals surface area contributed by atoms with E-state index in [9.17, 15) is 14.4 Å². The number of rotatable bonds is 9. The first kappa shape index (κ1) is 23.2. The van der Waals surface area contributed by atoms with Crippen molar-refractivity contribution in [2.24, 2.45) is 5.41 Å². The van der Waals surface area contributed by atoms with Gasteiger partial charge < -0.3 is 15.4 Å². The van der Waals surface area contributed by atoms with Gasteiger partial charge in [-0.15, -0.1) is 0 Å². The Morgan fingerprint density at radius 3 is 2.61 bits per heavy atom. The molecule has 6 nitrogen and oxygen atoms in total. The smallest absolute Gasteiger partial charge is 0.252 e. The molecule has 1 fully saturated rings. The molecule has 0 aliphatic carbocycles. The van der Waals surface area contributed by atoms with Crippen LogP contribution in [0.2, 0.25) is 0 Å². The van der Waals surface area contributed by atoms with Crippen LogP contribution in [-0.2, 0) is 20.7 Å². The predicted octanol–water partition coefficient (Wildman–Crippen LogP) is 3.37. The van der Waals surface area contributed by atoms with Gasteiger partial charge in [-0.1, -0.05) is 51.1 Å². The molecule has 0 saturated carbocycles. The number of benzene rings is 1. The Balaban J connectivity index is 1.75. The van der Waals surface area contributed by atoms with Crippen molar-refractivity contribution in [2.45, 2.75) is 58.2 Å². The van der Waals surface area contributed by atoms with Crippen molar-refractivity contribution in [3.8, 4) is 0 Å². The van der Waals surface area contributed by atoms with Gasteiger partial charge in [-0.25, -0.2) is 0 Å². The van der Waals surface area contributed by atoms with Crippen molar-refractivity contribution in [1.29, 1.82) is 0 Å². The van der Waals surface area contributed by atoms with Gasteiger partial charge in [0.2, 0.25) is 5.91 Å². The van der Waals surface area contributed by atoms with Crippen LogP contribution in [0.3, 0.4) is 0 Å². The minimum absolute atomic E-state index is 0.00881. The fourth-order valence-electron chi connectivity index (χ4n) is 3.98. The Bertz CT molecular complexity index is 896. The fraction of sp³-hybridized carbons (Fsp3) is 0.458. The van der Waals surface area contributed by atoms with E-state index in [2.05, 4.69) is 36.6 Å². The van der Waals surface area contributed by atoms with Crippen LogP contribution in [0.25, 0.3) is 0 Å². The van der Waals surface area contributed by atoms with Crippen LogP contribution in [0, 0.1) is 5.41 Å². The van der Waals surface area contributed by atoms with E-state index in [4.69, 9.17) is 4.74 Å². The summed E-state index contributed by atoms with van der Waals surface area (Å²) in [4.78, 5) is 38.1. The lowest BCUT2D eigenvalue weighted by atomic mass is 9.79. The van der Waals surface area contributed by atoms with E-state index in [1.54, 1.807) is 11.4 Å². The molecule has 2 amide bonds. The molecule has 166 valence electrons. The molecule has 2 heterocycles. The first-order chi connectivity index (χ1) is 14.8. The molecular weight excluding hydrogens is 412 g/mol. The standard InChI is InChI=1S/C24H30N2O4S/c1-4-20-21(19(27)14-30-20)26-23(29)18(25-22(28)17-10-11-31-15-17)13-24(2,3)12-16-8-6-5-7-9-16/h5-11,15,18,20-21H,4,12-14H2,1-3H3,(H,25,28)(H,26,29)/t18-,20?,21?/m0/s1. The van der Waals surface area contributed by atoms with Crippen molar-refractivity contribution in [3.05, 3.63) is 58.3 Å². The minimum Gasteiger partial charge on any atom is -0.368 e. The quantitative estimate of drug-likeness (QED) is 0.624. The number of thiophene rings is 1. The number of carbonyl (C=O) groups excluding carboxylic acids is 3. The minimum atomic E-state index is -0.767. The molecule has 1 aromatic carbocycles. The summed E-state index contributed by atoms with van der Waals surface area (Å²) in [5.74, 6) is -0.781. The fourth-order valence-corrected chi connectivity index (χ4v) is 4.62. The Kier molecular flexibility index (Phi) is 7.62. The molecule has 3 atom stereocenters. The van der Waals surface area contributed by atoms with Crippen molar-refractivity contribution in [1.82, 2.24) is 10.6 Å². The molecule has 2 unspecified atom stereocenters. The number of nitrogens with one attached hydrogen (secondary N) is 2. The molecule has 2 aromatic rings. The van der Waals surface area contributed by atoms with E-state index in [0.29, 0.717) is 18.4 Å². The second-order valence-corrected chi connectivity index (χ2v) is 9.56. The largest absolute Gasteiger partial charge is 0.368 e. The van der Waals surface area contributed by atoms with Crippen LogP contribution < -0.4 is 10.6 Å². The van der Waals surface area contributed by atoms with Gasteiger partial charge >= 0.3 is 0 Å². The number of amides is 2. The second kappa shape index (κ2) is 10.2. The van der Waals surface area contributed by atoms with Crippen LogP contribution >= 0.6 is 11.3 Å².